The van der Waals surface area contributed by atoms with Gasteiger partial charge in [0, 0.05) is 41.2 Å². The first kappa shape index (κ1) is 21.1. The largest absolute Gasteiger partial charge is 0.497 e. The van der Waals surface area contributed by atoms with E-state index in [9.17, 15) is 13.6 Å². The second kappa shape index (κ2) is 9.34. The normalized spacial score (nSPS) is 11.1. The van der Waals surface area contributed by atoms with Crippen molar-refractivity contribution in [2.75, 3.05) is 7.11 Å². The van der Waals surface area contributed by atoms with Crippen molar-refractivity contribution in [2.45, 2.75) is 6.54 Å². The number of rotatable bonds is 6. The van der Waals surface area contributed by atoms with Crippen molar-refractivity contribution < 1.29 is 13.5 Å². The standard InChI is InChI=1S/C25H19F2N3O2/c1-32-21-8-5-19(6-9-21)25-22(17-10-12-28-13-11-17)16-24(31)30(29-25)14-2-3-18-4-7-20(26)15-23(18)27/h2-13,15-16H,14H2,1H3/b3-2+. The van der Waals surface area contributed by atoms with Crippen LogP contribution in [0.1, 0.15) is 5.56 Å². The second-order valence-corrected chi connectivity index (χ2v) is 6.96. The topological polar surface area (TPSA) is 57.0 Å². The minimum absolute atomic E-state index is 0.120. The van der Waals surface area contributed by atoms with Gasteiger partial charge in [-0.3, -0.25) is 9.78 Å². The van der Waals surface area contributed by atoms with Crippen molar-refractivity contribution in [1.29, 1.82) is 0 Å². The Balaban J connectivity index is 1.73. The lowest BCUT2D eigenvalue weighted by Crippen LogP contribution is -2.22. The molecule has 0 saturated carbocycles. The Kier molecular flexibility index (Phi) is 6.17. The summed E-state index contributed by atoms with van der Waals surface area (Å²) < 4.78 is 33.5. The number of allylic oxidation sites excluding steroid dienone is 1. The van der Waals surface area contributed by atoms with Crippen LogP contribution in [-0.4, -0.2) is 21.9 Å². The van der Waals surface area contributed by atoms with E-state index < -0.39 is 11.6 Å². The number of hydrogen-bond donors (Lipinski definition) is 0. The Bertz CT molecular complexity index is 1320. The Hall–Kier alpha value is -4.13. The Morgan fingerprint density at radius 3 is 2.41 bits per heavy atom. The summed E-state index contributed by atoms with van der Waals surface area (Å²) >= 11 is 0. The minimum atomic E-state index is -0.673. The van der Waals surface area contributed by atoms with E-state index in [1.54, 1.807) is 25.6 Å². The predicted molar refractivity (Wildman–Crippen MR) is 119 cm³/mol. The summed E-state index contributed by atoms with van der Waals surface area (Å²) in [4.78, 5) is 16.8. The zero-order chi connectivity index (χ0) is 22.5. The maximum atomic E-state index is 13.9. The van der Waals surface area contributed by atoms with Gasteiger partial charge in [-0.2, -0.15) is 5.10 Å². The van der Waals surface area contributed by atoms with Gasteiger partial charge >= 0.3 is 0 Å². The van der Waals surface area contributed by atoms with E-state index in [1.165, 1.54) is 29.0 Å². The van der Waals surface area contributed by atoms with E-state index in [1.807, 2.05) is 36.4 Å². The van der Waals surface area contributed by atoms with Gasteiger partial charge in [-0.1, -0.05) is 12.2 Å². The molecule has 0 saturated heterocycles. The molecule has 7 heteroatoms. The highest BCUT2D eigenvalue weighted by Gasteiger charge is 2.13. The van der Waals surface area contributed by atoms with Gasteiger partial charge in [-0.15, -0.1) is 0 Å². The molecule has 5 nitrogen and oxygen atoms in total. The van der Waals surface area contributed by atoms with E-state index in [4.69, 9.17) is 4.74 Å². The van der Waals surface area contributed by atoms with E-state index in [0.717, 1.165) is 17.2 Å². The van der Waals surface area contributed by atoms with Crippen molar-refractivity contribution in [2.24, 2.45) is 0 Å². The van der Waals surface area contributed by atoms with Crippen LogP contribution in [0.5, 0.6) is 5.75 Å². The fourth-order valence-corrected chi connectivity index (χ4v) is 3.25. The molecule has 0 aliphatic heterocycles. The molecule has 0 unspecified atom stereocenters. The predicted octanol–water partition coefficient (Wildman–Crippen LogP) is 4.97. The Morgan fingerprint density at radius 1 is 0.969 bits per heavy atom. The molecule has 0 aliphatic rings. The highest BCUT2D eigenvalue weighted by atomic mass is 19.1. The number of methoxy groups -OCH3 is 1. The average molecular weight is 431 g/mol. The number of benzene rings is 2. The number of halogens is 2. The molecular weight excluding hydrogens is 412 g/mol. The van der Waals surface area contributed by atoms with Crippen LogP contribution in [0.3, 0.4) is 0 Å². The van der Waals surface area contributed by atoms with Crippen LogP contribution in [-0.2, 0) is 6.54 Å². The molecule has 0 aliphatic carbocycles. The summed E-state index contributed by atoms with van der Waals surface area (Å²) in [5.41, 5.74) is 2.82. The summed E-state index contributed by atoms with van der Waals surface area (Å²) in [5.74, 6) is -0.612. The van der Waals surface area contributed by atoms with Crippen LogP contribution >= 0.6 is 0 Å². The first-order chi connectivity index (χ1) is 15.5. The molecule has 0 atom stereocenters. The quantitative estimate of drug-likeness (QED) is 0.432. The average Bonchev–Trinajstić information content (AvgIpc) is 2.82. The maximum Gasteiger partial charge on any atom is 0.267 e. The van der Waals surface area contributed by atoms with Crippen LogP contribution in [0.4, 0.5) is 8.78 Å². The molecule has 0 N–H and O–H groups in total. The molecule has 32 heavy (non-hydrogen) atoms. The number of ether oxygens (including phenoxy) is 1. The van der Waals surface area contributed by atoms with E-state index in [2.05, 4.69) is 10.1 Å². The SMILES string of the molecule is COc1ccc(-c2nn(C/C=C/c3ccc(F)cc3F)c(=O)cc2-c2ccncc2)cc1. The summed E-state index contributed by atoms with van der Waals surface area (Å²) in [7, 11) is 1.59. The number of pyridine rings is 1. The van der Waals surface area contributed by atoms with Crippen LogP contribution < -0.4 is 10.3 Å². The van der Waals surface area contributed by atoms with Gasteiger partial charge in [-0.05, 0) is 54.1 Å². The number of nitrogens with zero attached hydrogens (tertiary/aromatic N) is 3. The molecule has 0 bridgehead atoms. The summed E-state index contributed by atoms with van der Waals surface area (Å²) in [6.07, 6.45) is 6.40. The van der Waals surface area contributed by atoms with E-state index >= 15 is 0 Å². The molecule has 0 radical (unpaired) electrons. The maximum absolute atomic E-state index is 13.9. The van der Waals surface area contributed by atoms with Crippen molar-refractivity contribution in [3.05, 3.63) is 107 Å². The smallest absolute Gasteiger partial charge is 0.267 e. The molecule has 0 fully saturated rings. The van der Waals surface area contributed by atoms with Gasteiger partial charge in [0.1, 0.15) is 17.4 Å². The van der Waals surface area contributed by atoms with Gasteiger partial charge in [0.2, 0.25) is 0 Å². The lowest BCUT2D eigenvalue weighted by Gasteiger charge is -2.12. The molecule has 160 valence electrons. The molecule has 0 spiro atoms. The van der Waals surface area contributed by atoms with Crippen LogP contribution in [0.25, 0.3) is 28.5 Å². The zero-order valence-electron chi connectivity index (χ0n) is 17.2. The summed E-state index contributed by atoms with van der Waals surface area (Å²) in [5, 5.41) is 4.58. The third kappa shape index (κ3) is 4.62. The Morgan fingerprint density at radius 2 is 1.72 bits per heavy atom. The molecule has 2 aromatic carbocycles. The number of aromatic nitrogens is 3. The zero-order valence-corrected chi connectivity index (χ0v) is 17.2. The highest BCUT2D eigenvalue weighted by Crippen LogP contribution is 2.30. The molecule has 4 rings (SSSR count). The second-order valence-electron chi connectivity index (χ2n) is 6.96. The third-order valence-corrected chi connectivity index (χ3v) is 4.89. The lowest BCUT2D eigenvalue weighted by atomic mass is 10.0. The van der Waals surface area contributed by atoms with Gasteiger partial charge in [-0.25, -0.2) is 13.5 Å². The molecule has 2 heterocycles. The molecular formula is C25H19F2N3O2. The first-order valence-electron chi connectivity index (χ1n) is 9.84. The minimum Gasteiger partial charge on any atom is -0.497 e. The highest BCUT2D eigenvalue weighted by molar-refractivity contribution is 5.80. The fraction of sp³-hybridized carbons (Fsp3) is 0.0800. The van der Waals surface area contributed by atoms with Crippen molar-refractivity contribution in [1.82, 2.24) is 14.8 Å². The van der Waals surface area contributed by atoms with Gasteiger partial charge in [0.15, 0.2) is 0 Å². The van der Waals surface area contributed by atoms with Gasteiger partial charge < -0.3 is 4.74 Å². The van der Waals surface area contributed by atoms with Crippen molar-refractivity contribution in [3.8, 4) is 28.1 Å². The first-order valence-corrected chi connectivity index (χ1v) is 9.84. The Labute approximate surface area is 183 Å². The van der Waals surface area contributed by atoms with Crippen molar-refractivity contribution in [3.63, 3.8) is 0 Å². The van der Waals surface area contributed by atoms with Gasteiger partial charge in [0.25, 0.3) is 5.56 Å². The summed E-state index contributed by atoms with van der Waals surface area (Å²) in [6, 6.07) is 15.8. The lowest BCUT2D eigenvalue weighted by molar-refractivity contribution is 0.415. The van der Waals surface area contributed by atoms with Crippen molar-refractivity contribution >= 4 is 6.08 Å². The summed E-state index contributed by atoms with van der Waals surface area (Å²) in [6.45, 7) is 0.120. The van der Waals surface area contributed by atoms with Crippen LogP contribution in [0.15, 0.2) is 83.9 Å². The fourth-order valence-electron chi connectivity index (χ4n) is 3.25. The van der Waals surface area contributed by atoms with Gasteiger partial charge in [0.05, 0.1) is 19.3 Å². The monoisotopic (exact) mass is 431 g/mol. The number of hydrogen-bond acceptors (Lipinski definition) is 4. The third-order valence-electron chi connectivity index (χ3n) is 4.89. The molecule has 2 aromatic heterocycles. The van der Waals surface area contributed by atoms with E-state index in [0.29, 0.717) is 17.0 Å². The van der Waals surface area contributed by atoms with E-state index in [-0.39, 0.29) is 17.7 Å². The molecule has 0 amide bonds. The molecule has 4 aromatic rings. The van der Waals surface area contributed by atoms with Crippen LogP contribution in [0.2, 0.25) is 0 Å². The van der Waals surface area contributed by atoms with Crippen LogP contribution in [0, 0.1) is 11.6 Å².